The van der Waals surface area contributed by atoms with Crippen LogP contribution in [0.25, 0.3) is 0 Å². The second-order valence-corrected chi connectivity index (χ2v) is 6.42. The first-order valence-electron chi connectivity index (χ1n) is 6.59. The molecule has 104 valence electrons. The van der Waals surface area contributed by atoms with Gasteiger partial charge in [0, 0.05) is 16.2 Å². The van der Waals surface area contributed by atoms with E-state index in [4.69, 9.17) is 11.6 Å². The summed E-state index contributed by atoms with van der Waals surface area (Å²) in [6.45, 7) is 0. The molecule has 1 N–H and O–H groups in total. The van der Waals surface area contributed by atoms with Crippen molar-refractivity contribution in [3.05, 3.63) is 63.3 Å². The van der Waals surface area contributed by atoms with Crippen LogP contribution in [-0.4, -0.2) is 6.04 Å². The van der Waals surface area contributed by atoms with Crippen LogP contribution in [0.5, 0.6) is 0 Å². The lowest BCUT2D eigenvalue weighted by Gasteiger charge is -2.37. The lowest BCUT2D eigenvalue weighted by Crippen LogP contribution is -2.34. The molecular formula is C16H14BrClFN. The molecule has 2 aromatic carbocycles. The van der Waals surface area contributed by atoms with Crippen molar-refractivity contribution in [3.63, 3.8) is 0 Å². The molecule has 0 atom stereocenters. The van der Waals surface area contributed by atoms with E-state index in [-0.39, 0.29) is 10.8 Å². The normalized spacial score (nSPS) is 21.4. The van der Waals surface area contributed by atoms with Crippen molar-refractivity contribution < 1.29 is 4.39 Å². The van der Waals surface area contributed by atoms with Gasteiger partial charge in [0.2, 0.25) is 0 Å². The van der Waals surface area contributed by atoms with Gasteiger partial charge in [0.25, 0.3) is 0 Å². The van der Waals surface area contributed by atoms with E-state index in [1.807, 2.05) is 12.1 Å². The summed E-state index contributed by atoms with van der Waals surface area (Å²) < 4.78 is 14.5. The lowest BCUT2D eigenvalue weighted by molar-refractivity contribution is 0.373. The molecule has 1 fully saturated rings. The molecule has 1 aliphatic rings. The maximum Gasteiger partial charge on any atom is 0.143 e. The van der Waals surface area contributed by atoms with Crippen LogP contribution in [0.1, 0.15) is 24.3 Å². The third kappa shape index (κ3) is 2.84. The molecule has 0 saturated heterocycles. The van der Waals surface area contributed by atoms with Crippen molar-refractivity contribution >= 4 is 33.2 Å². The number of rotatable bonds is 3. The number of nitrogens with one attached hydrogen (secondary N) is 1. The molecule has 0 aromatic heterocycles. The van der Waals surface area contributed by atoms with Crippen LogP contribution in [0.15, 0.2) is 46.9 Å². The predicted octanol–water partition coefficient (Wildman–Crippen LogP) is 5.60. The summed E-state index contributed by atoms with van der Waals surface area (Å²) in [7, 11) is 0. The Morgan fingerprint density at radius 1 is 1.15 bits per heavy atom. The third-order valence-electron chi connectivity index (χ3n) is 3.77. The van der Waals surface area contributed by atoms with Gasteiger partial charge >= 0.3 is 0 Å². The van der Waals surface area contributed by atoms with E-state index in [0.717, 1.165) is 18.5 Å². The molecule has 0 radical (unpaired) electrons. The minimum atomic E-state index is -0.377. The summed E-state index contributed by atoms with van der Waals surface area (Å²) in [6, 6.07) is 13.6. The summed E-state index contributed by atoms with van der Waals surface area (Å²) in [5, 5.41) is 3.51. The molecule has 1 saturated carbocycles. The van der Waals surface area contributed by atoms with Crippen molar-refractivity contribution in [2.24, 2.45) is 0 Å². The molecule has 0 amide bonds. The number of benzene rings is 2. The van der Waals surface area contributed by atoms with Crippen LogP contribution in [0, 0.1) is 5.82 Å². The zero-order valence-electron chi connectivity index (χ0n) is 10.7. The van der Waals surface area contributed by atoms with Gasteiger partial charge in [-0.3, -0.25) is 0 Å². The SMILES string of the molecule is Fc1cc(NC2CC(c3ccccc3Br)C2)ccc1Cl. The van der Waals surface area contributed by atoms with Gasteiger partial charge in [0.1, 0.15) is 5.82 Å². The second kappa shape index (κ2) is 5.74. The Labute approximate surface area is 131 Å². The molecule has 0 aliphatic heterocycles. The smallest absolute Gasteiger partial charge is 0.143 e. The first-order valence-corrected chi connectivity index (χ1v) is 7.76. The summed E-state index contributed by atoms with van der Waals surface area (Å²) in [5.74, 6) is 0.193. The molecule has 0 heterocycles. The standard InChI is InChI=1S/C16H14BrClFN/c17-14-4-2-1-3-13(14)10-7-12(8-10)20-11-5-6-15(18)16(19)9-11/h1-6,9-10,12,20H,7-8H2. The van der Waals surface area contributed by atoms with Gasteiger partial charge in [-0.25, -0.2) is 4.39 Å². The van der Waals surface area contributed by atoms with Gasteiger partial charge in [0.15, 0.2) is 0 Å². The van der Waals surface area contributed by atoms with E-state index >= 15 is 0 Å². The van der Waals surface area contributed by atoms with E-state index in [9.17, 15) is 4.39 Å². The fourth-order valence-corrected chi connectivity index (χ4v) is 3.34. The highest BCUT2D eigenvalue weighted by atomic mass is 79.9. The van der Waals surface area contributed by atoms with Gasteiger partial charge in [-0.05, 0) is 48.6 Å². The maximum atomic E-state index is 13.4. The van der Waals surface area contributed by atoms with Crippen molar-refractivity contribution in [2.75, 3.05) is 5.32 Å². The summed E-state index contributed by atoms with van der Waals surface area (Å²) in [4.78, 5) is 0. The molecule has 4 heteroatoms. The molecule has 2 aromatic rings. The Kier molecular flexibility index (Phi) is 3.99. The van der Waals surface area contributed by atoms with E-state index in [2.05, 4.69) is 39.4 Å². The molecule has 0 unspecified atom stereocenters. The highest BCUT2D eigenvalue weighted by molar-refractivity contribution is 9.10. The largest absolute Gasteiger partial charge is 0.382 e. The molecule has 3 rings (SSSR count). The second-order valence-electron chi connectivity index (χ2n) is 5.16. The molecular weight excluding hydrogens is 341 g/mol. The number of halogens is 3. The van der Waals surface area contributed by atoms with Gasteiger partial charge in [-0.1, -0.05) is 45.7 Å². The Morgan fingerprint density at radius 3 is 2.60 bits per heavy atom. The topological polar surface area (TPSA) is 12.0 Å². The first-order chi connectivity index (χ1) is 9.63. The van der Waals surface area contributed by atoms with Crippen molar-refractivity contribution in [1.29, 1.82) is 0 Å². The fourth-order valence-electron chi connectivity index (χ4n) is 2.62. The monoisotopic (exact) mass is 353 g/mol. The minimum Gasteiger partial charge on any atom is -0.382 e. The summed E-state index contributed by atoms with van der Waals surface area (Å²) in [5.41, 5.74) is 2.15. The molecule has 1 nitrogen and oxygen atoms in total. The average Bonchev–Trinajstić information content (AvgIpc) is 2.39. The predicted molar refractivity (Wildman–Crippen MR) is 84.9 cm³/mol. The first kappa shape index (κ1) is 13.9. The Hall–Kier alpha value is -1.06. The van der Waals surface area contributed by atoms with Crippen LogP contribution >= 0.6 is 27.5 Å². The maximum absolute atomic E-state index is 13.4. The minimum absolute atomic E-state index is 0.162. The van der Waals surface area contributed by atoms with Crippen LogP contribution in [0.4, 0.5) is 10.1 Å². The van der Waals surface area contributed by atoms with Crippen LogP contribution in [-0.2, 0) is 0 Å². The zero-order chi connectivity index (χ0) is 14.1. The van der Waals surface area contributed by atoms with E-state index in [1.165, 1.54) is 16.1 Å². The fraction of sp³-hybridized carbons (Fsp3) is 0.250. The van der Waals surface area contributed by atoms with Gasteiger partial charge in [-0.15, -0.1) is 0 Å². The molecule has 0 bridgehead atoms. The highest BCUT2D eigenvalue weighted by Gasteiger charge is 2.31. The molecule has 20 heavy (non-hydrogen) atoms. The highest BCUT2D eigenvalue weighted by Crippen LogP contribution is 2.41. The van der Waals surface area contributed by atoms with Crippen molar-refractivity contribution in [2.45, 2.75) is 24.8 Å². The van der Waals surface area contributed by atoms with Crippen LogP contribution in [0.2, 0.25) is 5.02 Å². The lowest BCUT2D eigenvalue weighted by atomic mass is 9.76. The number of hydrogen-bond donors (Lipinski definition) is 1. The summed E-state index contributed by atoms with van der Waals surface area (Å²) in [6.07, 6.45) is 2.12. The zero-order valence-corrected chi connectivity index (χ0v) is 13.1. The van der Waals surface area contributed by atoms with E-state index in [0.29, 0.717) is 12.0 Å². The number of anilines is 1. The molecule has 1 aliphatic carbocycles. The van der Waals surface area contributed by atoms with Gasteiger partial charge < -0.3 is 5.32 Å². The van der Waals surface area contributed by atoms with Crippen LogP contribution in [0.3, 0.4) is 0 Å². The van der Waals surface area contributed by atoms with Crippen molar-refractivity contribution in [1.82, 2.24) is 0 Å². The third-order valence-corrected chi connectivity index (χ3v) is 4.80. The number of hydrogen-bond acceptors (Lipinski definition) is 1. The Bertz CT molecular complexity index is 626. The van der Waals surface area contributed by atoms with E-state index in [1.54, 1.807) is 6.07 Å². The van der Waals surface area contributed by atoms with Crippen molar-refractivity contribution in [3.8, 4) is 0 Å². The quantitative estimate of drug-likeness (QED) is 0.756. The van der Waals surface area contributed by atoms with Gasteiger partial charge in [0.05, 0.1) is 5.02 Å². The van der Waals surface area contributed by atoms with Crippen LogP contribution < -0.4 is 5.32 Å². The average molecular weight is 355 g/mol. The van der Waals surface area contributed by atoms with E-state index < -0.39 is 0 Å². The Morgan fingerprint density at radius 2 is 1.90 bits per heavy atom. The molecule has 0 spiro atoms. The van der Waals surface area contributed by atoms with Gasteiger partial charge in [-0.2, -0.15) is 0 Å². The summed E-state index contributed by atoms with van der Waals surface area (Å²) >= 11 is 9.27. The Balaban J connectivity index is 1.61.